The summed E-state index contributed by atoms with van der Waals surface area (Å²) < 4.78 is 5.47. The predicted molar refractivity (Wildman–Crippen MR) is 100 cm³/mol. The van der Waals surface area contributed by atoms with Crippen molar-refractivity contribution in [2.24, 2.45) is 0 Å². The lowest BCUT2D eigenvalue weighted by atomic mass is 10.1. The summed E-state index contributed by atoms with van der Waals surface area (Å²) in [6.07, 6.45) is 2.62. The minimum atomic E-state index is -0.232. The number of amides is 1. The van der Waals surface area contributed by atoms with Crippen molar-refractivity contribution in [1.82, 2.24) is 0 Å². The molecule has 0 unspecified atom stereocenters. The first-order valence-corrected chi connectivity index (χ1v) is 8.58. The van der Waals surface area contributed by atoms with E-state index in [-0.39, 0.29) is 5.91 Å². The van der Waals surface area contributed by atoms with Gasteiger partial charge in [-0.15, -0.1) is 0 Å². The van der Waals surface area contributed by atoms with Crippen LogP contribution in [0, 0.1) is 0 Å². The molecule has 126 valence electrons. The van der Waals surface area contributed by atoms with E-state index in [9.17, 15) is 4.79 Å². The Morgan fingerprint density at radius 2 is 2.00 bits per heavy atom. The maximum Gasteiger partial charge on any atom is 0.292 e. The monoisotopic (exact) mass is 332 g/mol. The summed E-state index contributed by atoms with van der Waals surface area (Å²) in [5.41, 5.74) is 5.10. The maximum absolute atomic E-state index is 12.7. The smallest absolute Gasteiger partial charge is 0.292 e. The lowest BCUT2D eigenvalue weighted by molar-refractivity contribution is 0.0997. The summed E-state index contributed by atoms with van der Waals surface area (Å²) in [4.78, 5) is 15.0. The largest absolute Gasteiger partial charge is 0.459 e. The standard InChI is InChI=1S/C21H20N2O2/c1-2-23-12-10-16-8-9-17(14-19(16)23)22-21(24)20-18(11-13-25-20)15-6-4-3-5-7-15/h3-9,11,13-14H,2,10,12H2,1H3,(H,22,24). The van der Waals surface area contributed by atoms with Crippen molar-refractivity contribution in [3.63, 3.8) is 0 Å². The van der Waals surface area contributed by atoms with Gasteiger partial charge in [-0.2, -0.15) is 0 Å². The van der Waals surface area contributed by atoms with Crippen LogP contribution >= 0.6 is 0 Å². The van der Waals surface area contributed by atoms with Crippen LogP contribution in [0.15, 0.2) is 65.3 Å². The van der Waals surface area contributed by atoms with E-state index in [1.807, 2.05) is 42.5 Å². The van der Waals surface area contributed by atoms with E-state index >= 15 is 0 Å². The average Bonchev–Trinajstić information content (AvgIpc) is 3.29. The highest BCUT2D eigenvalue weighted by atomic mass is 16.3. The number of nitrogens with zero attached hydrogens (tertiary/aromatic N) is 1. The summed E-state index contributed by atoms with van der Waals surface area (Å²) in [7, 11) is 0. The van der Waals surface area contributed by atoms with Gasteiger partial charge in [-0.25, -0.2) is 0 Å². The fraction of sp³-hybridized carbons (Fsp3) is 0.190. The molecule has 0 atom stereocenters. The Hall–Kier alpha value is -3.01. The average molecular weight is 332 g/mol. The van der Waals surface area contributed by atoms with E-state index in [1.54, 1.807) is 6.26 Å². The molecule has 3 aromatic rings. The predicted octanol–water partition coefficient (Wildman–Crippen LogP) is 4.58. The lowest BCUT2D eigenvalue weighted by Crippen LogP contribution is -2.19. The number of anilines is 2. The molecule has 4 heteroatoms. The van der Waals surface area contributed by atoms with Crippen LogP contribution in [-0.4, -0.2) is 19.0 Å². The van der Waals surface area contributed by atoms with Crippen molar-refractivity contribution in [2.75, 3.05) is 23.3 Å². The van der Waals surface area contributed by atoms with Gasteiger partial charge in [0, 0.05) is 30.0 Å². The highest BCUT2D eigenvalue weighted by Crippen LogP contribution is 2.31. The van der Waals surface area contributed by atoms with E-state index in [0.29, 0.717) is 5.76 Å². The van der Waals surface area contributed by atoms with Crippen LogP contribution in [0.4, 0.5) is 11.4 Å². The molecule has 0 radical (unpaired) electrons. The van der Waals surface area contributed by atoms with Gasteiger partial charge in [0.25, 0.3) is 5.91 Å². The molecule has 1 aliphatic rings. The number of carbonyl (C=O) groups is 1. The molecular weight excluding hydrogens is 312 g/mol. The zero-order chi connectivity index (χ0) is 17.2. The van der Waals surface area contributed by atoms with Gasteiger partial charge in [-0.1, -0.05) is 36.4 Å². The second-order valence-corrected chi connectivity index (χ2v) is 6.16. The molecule has 0 spiro atoms. The molecule has 0 aliphatic carbocycles. The molecule has 4 rings (SSSR count). The van der Waals surface area contributed by atoms with Crippen LogP contribution in [0.2, 0.25) is 0 Å². The van der Waals surface area contributed by atoms with Gasteiger partial charge < -0.3 is 14.6 Å². The first-order valence-electron chi connectivity index (χ1n) is 8.58. The fourth-order valence-corrected chi connectivity index (χ4v) is 3.37. The van der Waals surface area contributed by atoms with Crippen molar-refractivity contribution < 1.29 is 9.21 Å². The Bertz CT molecular complexity index is 899. The highest BCUT2D eigenvalue weighted by molar-refractivity contribution is 6.06. The molecule has 1 aliphatic heterocycles. The first kappa shape index (κ1) is 15.5. The van der Waals surface area contributed by atoms with Crippen LogP contribution in [-0.2, 0) is 6.42 Å². The molecule has 4 nitrogen and oxygen atoms in total. The number of fused-ring (bicyclic) bond motifs is 1. The molecule has 1 aromatic heterocycles. The highest BCUT2D eigenvalue weighted by Gasteiger charge is 2.20. The summed E-state index contributed by atoms with van der Waals surface area (Å²) in [5.74, 6) is 0.101. The Morgan fingerprint density at radius 3 is 2.80 bits per heavy atom. The number of likely N-dealkylation sites (N-methyl/N-ethyl adjacent to an activating group) is 1. The molecule has 2 aromatic carbocycles. The van der Waals surface area contributed by atoms with Crippen LogP contribution < -0.4 is 10.2 Å². The van der Waals surface area contributed by atoms with Crippen LogP contribution in [0.3, 0.4) is 0 Å². The van der Waals surface area contributed by atoms with Gasteiger partial charge in [0.15, 0.2) is 5.76 Å². The van der Waals surface area contributed by atoms with Gasteiger partial charge in [0.05, 0.1) is 6.26 Å². The van der Waals surface area contributed by atoms with Crippen LogP contribution in [0.25, 0.3) is 11.1 Å². The third-order valence-corrected chi connectivity index (χ3v) is 4.67. The quantitative estimate of drug-likeness (QED) is 0.760. The third kappa shape index (κ3) is 2.91. The second-order valence-electron chi connectivity index (χ2n) is 6.16. The summed E-state index contributed by atoms with van der Waals surface area (Å²) in [6.45, 7) is 4.16. The number of nitrogens with one attached hydrogen (secondary N) is 1. The van der Waals surface area contributed by atoms with Crippen LogP contribution in [0.1, 0.15) is 23.0 Å². The minimum Gasteiger partial charge on any atom is -0.459 e. The first-order chi connectivity index (χ1) is 12.3. The van der Waals surface area contributed by atoms with Crippen molar-refractivity contribution >= 4 is 17.3 Å². The van der Waals surface area contributed by atoms with Crippen LogP contribution in [0.5, 0.6) is 0 Å². The Labute approximate surface area is 147 Å². The van der Waals surface area contributed by atoms with Gasteiger partial charge in [-0.05, 0) is 42.7 Å². The molecule has 2 heterocycles. The molecule has 1 N–H and O–H groups in total. The third-order valence-electron chi connectivity index (χ3n) is 4.67. The van der Waals surface area contributed by atoms with Crippen molar-refractivity contribution in [1.29, 1.82) is 0 Å². The van der Waals surface area contributed by atoms with Gasteiger partial charge in [0.1, 0.15) is 0 Å². The molecule has 0 saturated carbocycles. The summed E-state index contributed by atoms with van der Waals surface area (Å²) in [6, 6.07) is 17.7. The van der Waals surface area contributed by atoms with E-state index < -0.39 is 0 Å². The Kier molecular flexibility index (Phi) is 4.02. The lowest BCUT2D eigenvalue weighted by Gasteiger charge is -2.17. The SMILES string of the molecule is CCN1CCc2ccc(NC(=O)c3occc3-c3ccccc3)cc21. The molecule has 1 amide bonds. The van der Waals surface area contributed by atoms with E-state index in [2.05, 4.69) is 29.3 Å². The normalized spacial score (nSPS) is 12.9. The van der Waals surface area contributed by atoms with Gasteiger partial charge in [-0.3, -0.25) is 4.79 Å². The Balaban J connectivity index is 1.59. The minimum absolute atomic E-state index is 0.232. The summed E-state index contributed by atoms with van der Waals surface area (Å²) >= 11 is 0. The van der Waals surface area contributed by atoms with E-state index in [1.165, 1.54) is 11.3 Å². The zero-order valence-electron chi connectivity index (χ0n) is 14.2. The topological polar surface area (TPSA) is 45.5 Å². The van der Waals surface area contributed by atoms with Crippen molar-refractivity contribution in [3.8, 4) is 11.1 Å². The number of carbonyl (C=O) groups excluding carboxylic acids is 1. The number of benzene rings is 2. The fourth-order valence-electron chi connectivity index (χ4n) is 3.37. The summed E-state index contributed by atoms with van der Waals surface area (Å²) in [5, 5.41) is 2.97. The molecule has 0 fully saturated rings. The van der Waals surface area contributed by atoms with Gasteiger partial charge in [0.2, 0.25) is 0 Å². The molecular formula is C21H20N2O2. The Morgan fingerprint density at radius 1 is 1.16 bits per heavy atom. The molecule has 0 bridgehead atoms. The molecule has 25 heavy (non-hydrogen) atoms. The van der Waals surface area contributed by atoms with Crippen molar-refractivity contribution in [3.05, 3.63) is 72.2 Å². The number of hydrogen-bond acceptors (Lipinski definition) is 3. The number of rotatable bonds is 4. The number of hydrogen-bond donors (Lipinski definition) is 1. The maximum atomic E-state index is 12.7. The second kappa shape index (κ2) is 6.48. The zero-order valence-corrected chi connectivity index (χ0v) is 14.2. The molecule has 0 saturated heterocycles. The van der Waals surface area contributed by atoms with E-state index in [4.69, 9.17) is 4.42 Å². The number of furan rings is 1. The van der Waals surface area contributed by atoms with E-state index in [0.717, 1.165) is 36.3 Å². The van der Waals surface area contributed by atoms with Gasteiger partial charge >= 0.3 is 0 Å². The van der Waals surface area contributed by atoms with Crippen molar-refractivity contribution in [2.45, 2.75) is 13.3 Å².